The van der Waals surface area contributed by atoms with Gasteiger partial charge in [-0.1, -0.05) is 101 Å². The van der Waals surface area contributed by atoms with Crippen molar-refractivity contribution in [3.63, 3.8) is 0 Å². The SMILES string of the molecule is CCOc1cc(CC(=O)CCCN)ccc1-n1c(CN2CCN(CC)CC2)nc2ccccc2c1=O.CCOc1cc(CCCCCCCN)ccc1-n1c(CN2CCN(CC)CC2)nc2ccccc2c1=O.CCOc1ccccc1-n1c(CN2CCN(CC)CC2)nc2cc(NCCCCCCN)ccc2c1=O. The van der Waals surface area contributed by atoms with Crippen LogP contribution in [0.15, 0.2) is 142 Å². The number of nitrogens with zero attached hydrogens (tertiary/aromatic N) is 12. The first-order chi connectivity index (χ1) is 53.8. The number of aryl methyl sites for hydroxylation is 1. The van der Waals surface area contributed by atoms with Gasteiger partial charge in [0.05, 0.1) is 89.2 Å². The van der Waals surface area contributed by atoms with E-state index in [0.29, 0.717) is 110 Å². The third-order valence-corrected chi connectivity index (χ3v) is 21.2. The van der Waals surface area contributed by atoms with E-state index in [9.17, 15) is 19.2 Å². The van der Waals surface area contributed by atoms with Crippen LogP contribution in [0.1, 0.15) is 141 Å². The zero-order valence-corrected chi connectivity index (χ0v) is 66.5. The van der Waals surface area contributed by atoms with Crippen LogP contribution in [-0.4, -0.2) is 208 Å². The predicted octanol–water partition coefficient (Wildman–Crippen LogP) is 11.0. The molecule has 592 valence electrons. The molecule has 7 N–H and O–H groups in total. The van der Waals surface area contributed by atoms with Crippen LogP contribution >= 0.6 is 0 Å². The van der Waals surface area contributed by atoms with Gasteiger partial charge in [-0.15, -0.1) is 0 Å². The summed E-state index contributed by atoms with van der Waals surface area (Å²) in [6, 6.07) is 40.7. The molecule has 3 aromatic heterocycles. The highest BCUT2D eigenvalue weighted by Crippen LogP contribution is 2.31. The van der Waals surface area contributed by atoms with Gasteiger partial charge >= 0.3 is 0 Å². The molecular formula is C87H122N16O7. The lowest BCUT2D eigenvalue weighted by Crippen LogP contribution is -2.46. The number of anilines is 1. The molecule has 0 bridgehead atoms. The molecular weight excluding hydrogens is 1380 g/mol. The second-order valence-electron chi connectivity index (χ2n) is 28.8. The summed E-state index contributed by atoms with van der Waals surface area (Å²) >= 11 is 0. The van der Waals surface area contributed by atoms with Gasteiger partial charge in [-0.3, -0.25) is 47.6 Å². The van der Waals surface area contributed by atoms with Gasteiger partial charge in [0.1, 0.15) is 40.5 Å². The Hall–Kier alpha value is -8.75. The summed E-state index contributed by atoms with van der Waals surface area (Å²) in [7, 11) is 0. The van der Waals surface area contributed by atoms with Gasteiger partial charge in [-0.05, 0) is 189 Å². The number of aromatic nitrogens is 6. The molecule has 9 aromatic rings. The van der Waals surface area contributed by atoms with Crippen molar-refractivity contribution >= 4 is 44.2 Å². The number of Topliss-reactive ketones (excluding diaryl/α,β-unsaturated/α-hetero) is 1. The Morgan fingerprint density at radius 2 is 0.782 bits per heavy atom. The van der Waals surface area contributed by atoms with Gasteiger partial charge in [0.25, 0.3) is 16.7 Å². The van der Waals surface area contributed by atoms with Crippen LogP contribution < -0.4 is 53.4 Å². The normalized spacial score (nSPS) is 14.8. The molecule has 0 aliphatic carbocycles. The smallest absolute Gasteiger partial charge is 0.266 e. The number of piperazine rings is 3. The number of rotatable bonds is 37. The van der Waals surface area contributed by atoms with Crippen molar-refractivity contribution in [1.82, 2.24) is 58.1 Å². The van der Waals surface area contributed by atoms with E-state index in [1.165, 1.54) is 24.8 Å². The summed E-state index contributed by atoms with van der Waals surface area (Å²) in [5.74, 6) is 4.37. The molecule has 0 saturated carbocycles. The van der Waals surface area contributed by atoms with Crippen LogP contribution in [0.5, 0.6) is 17.2 Å². The van der Waals surface area contributed by atoms with E-state index < -0.39 is 0 Å². The first-order valence-corrected chi connectivity index (χ1v) is 40.8. The standard InChI is InChI=1S/C30H43N5O2.C29H42N6O2.C28H37N5O3/c1-3-33-18-20-34(21-19-33)23-29-32-26-14-10-9-13-25(26)30(36)35(29)27-16-15-24(22-28(27)37-4-2)12-8-6-5-7-11-17-31;1-3-33-17-19-34(20-18-33)22-28-32-25-21-23(31-16-10-6-5-9-15-30)13-14-24(25)29(36)35(28)26-11-7-8-12-27(26)37-4-2;1-3-31-14-16-32(17-15-31)20-27-30-24-10-6-5-9-23(24)28(35)33(27)25-12-11-21(19-26(25)36-4-2)18-22(34)8-7-13-29/h9-10,13-16,22H,3-8,11-12,17-21,23,31H2,1-2H3;7-8,11-14,21,31H,3-6,9-10,15-20,22,30H2,1-2H3;5-6,9-12,19H,3-4,7-8,13-18,20,29H2,1-2H3. The monoisotopic (exact) mass is 1500 g/mol. The second-order valence-corrected chi connectivity index (χ2v) is 28.8. The minimum atomic E-state index is -0.115. The second kappa shape index (κ2) is 43.7. The van der Waals surface area contributed by atoms with Crippen molar-refractivity contribution in [3.05, 3.63) is 187 Å². The molecule has 0 amide bonds. The molecule has 12 rings (SSSR count). The molecule has 3 fully saturated rings. The quantitative estimate of drug-likeness (QED) is 0.0264. The summed E-state index contributed by atoms with van der Waals surface area (Å²) in [4.78, 5) is 83.4. The van der Waals surface area contributed by atoms with Gasteiger partial charge in [-0.25, -0.2) is 15.0 Å². The van der Waals surface area contributed by atoms with Crippen LogP contribution in [0.25, 0.3) is 49.8 Å². The Labute approximate surface area is 650 Å². The molecule has 0 spiro atoms. The Morgan fingerprint density at radius 3 is 1.26 bits per heavy atom. The average Bonchev–Trinajstić information content (AvgIpc) is 0.775. The van der Waals surface area contributed by atoms with Gasteiger partial charge in [-0.2, -0.15) is 0 Å². The van der Waals surface area contributed by atoms with Gasteiger partial charge in [0, 0.05) is 104 Å². The average molecular weight is 1500 g/mol. The molecule has 3 aliphatic rings. The molecule has 0 atom stereocenters. The predicted molar refractivity (Wildman–Crippen MR) is 447 cm³/mol. The van der Waals surface area contributed by atoms with Gasteiger partial charge < -0.3 is 51.4 Å². The zero-order chi connectivity index (χ0) is 77.6. The fourth-order valence-corrected chi connectivity index (χ4v) is 14.8. The molecule has 0 radical (unpaired) electrons. The maximum Gasteiger partial charge on any atom is 0.266 e. The van der Waals surface area contributed by atoms with Crippen molar-refractivity contribution in [2.75, 3.05) is 149 Å². The van der Waals surface area contributed by atoms with Crippen molar-refractivity contribution < 1.29 is 19.0 Å². The Balaban J connectivity index is 0.000000176. The molecule has 3 saturated heterocycles. The van der Waals surface area contributed by atoms with Gasteiger partial charge in [0.2, 0.25) is 0 Å². The van der Waals surface area contributed by atoms with E-state index in [-0.39, 0.29) is 22.5 Å². The van der Waals surface area contributed by atoms with Crippen LogP contribution in [0.3, 0.4) is 0 Å². The highest BCUT2D eigenvalue weighted by atomic mass is 16.5. The number of ketones is 1. The first kappa shape index (κ1) is 83.7. The van der Waals surface area contributed by atoms with E-state index in [1.54, 1.807) is 13.7 Å². The van der Waals surface area contributed by atoms with Crippen LogP contribution in [0, 0.1) is 0 Å². The lowest BCUT2D eigenvalue weighted by Gasteiger charge is -2.34. The fraction of sp³-hybridized carbons (Fsp3) is 0.506. The number of para-hydroxylation sites is 4. The van der Waals surface area contributed by atoms with Crippen molar-refractivity contribution in [2.45, 2.75) is 145 Å². The van der Waals surface area contributed by atoms with E-state index in [1.807, 2.05) is 136 Å². The van der Waals surface area contributed by atoms with E-state index in [2.05, 4.69) is 67.6 Å². The number of carbonyl (C=O) groups is 1. The van der Waals surface area contributed by atoms with Crippen LogP contribution in [0.4, 0.5) is 5.69 Å². The number of nitrogens with one attached hydrogen (secondary N) is 1. The lowest BCUT2D eigenvalue weighted by molar-refractivity contribution is -0.118. The third kappa shape index (κ3) is 23.0. The molecule has 6 heterocycles. The molecule has 110 heavy (non-hydrogen) atoms. The van der Waals surface area contributed by atoms with E-state index >= 15 is 0 Å². The summed E-state index contributed by atoms with van der Waals surface area (Å²) in [5, 5.41) is 5.31. The molecule has 3 aliphatic heterocycles. The van der Waals surface area contributed by atoms with Crippen molar-refractivity contribution in [3.8, 4) is 34.3 Å². The number of ether oxygens (including phenoxy) is 3. The number of benzene rings is 6. The summed E-state index contributed by atoms with van der Waals surface area (Å²) in [6.07, 6.45) is 12.8. The lowest BCUT2D eigenvalue weighted by atomic mass is 10.0. The minimum Gasteiger partial charge on any atom is -0.492 e. The van der Waals surface area contributed by atoms with Gasteiger partial charge in [0.15, 0.2) is 0 Å². The first-order valence-electron chi connectivity index (χ1n) is 40.8. The Bertz CT molecular complexity index is 4560. The number of nitrogens with two attached hydrogens (primary N) is 3. The minimum absolute atomic E-state index is 0.0404. The number of hydrogen-bond acceptors (Lipinski definition) is 20. The molecule has 23 nitrogen and oxygen atoms in total. The highest BCUT2D eigenvalue weighted by molar-refractivity contribution is 5.83. The number of likely N-dealkylation sites (N-methyl/N-ethyl adjacent to an activating group) is 3. The maximum atomic E-state index is 13.9. The van der Waals surface area contributed by atoms with Crippen molar-refractivity contribution in [1.29, 1.82) is 0 Å². The molecule has 0 unspecified atom stereocenters. The number of fused-ring (bicyclic) bond motifs is 3. The molecule has 6 aromatic carbocycles. The summed E-state index contributed by atoms with van der Waals surface area (Å²) < 4.78 is 23.2. The highest BCUT2D eigenvalue weighted by Gasteiger charge is 2.26. The maximum absolute atomic E-state index is 13.9. The number of hydrogen-bond donors (Lipinski definition) is 4. The van der Waals surface area contributed by atoms with Crippen LogP contribution in [-0.2, 0) is 37.3 Å². The Morgan fingerprint density at radius 1 is 0.391 bits per heavy atom. The van der Waals surface area contributed by atoms with Crippen LogP contribution in [0.2, 0.25) is 0 Å². The van der Waals surface area contributed by atoms with Crippen molar-refractivity contribution in [2.24, 2.45) is 17.2 Å². The molecule has 23 heteroatoms. The zero-order valence-electron chi connectivity index (χ0n) is 66.5. The summed E-state index contributed by atoms with van der Waals surface area (Å²) in [5.41, 5.74) is 24.0. The topological polar surface area (TPSA) is 259 Å². The van der Waals surface area contributed by atoms with E-state index in [0.717, 1.165) is 214 Å². The fourth-order valence-electron chi connectivity index (χ4n) is 14.8. The largest absolute Gasteiger partial charge is 0.492 e. The number of carbonyl (C=O) groups excluding carboxylic acids is 1. The summed E-state index contributed by atoms with van der Waals surface area (Å²) in [6.45, 7) is 33.8. The number of unbranched alkanes of at least 4 members (excludes halogenated alkanes) is 7. The Kier molecular flexibility index (Phi) is 33.3. The third-order valence-electron chi connectivity index (χ3n) is 21.2. The van der Waals surface area contributed by atoms with E-state index in [4.69, 9.17) is 46.4 Å².